The van der Waals surface area contributed by atoms with Gasteiger partial charge < -0.3 is 23.5 Å². The number of benzene rings is 3. The predicted molar refractivity (Wildman–Crippen MR) is 151 cm³/mol. The van der Waals surface area contributed by atoms with E-state index in [9.17, 15) is 0 Å². The summed E-state index contributed by atoms with van der Waals surface area (Å²) in [5, 5.41) is 0. The molecule has 1 atom stereocenters. The van der Waals surface area contributed by atoms with Crippen LogP contribution >= 0.6 is 0 Å². The molecule has 39 heavy (non-hydrogen) atoms. The van der Waals surface area contributed by atoms with Crippen molar-refractivity contribution in [2.24, 2.45) is 4.99 Å². The van der Waals surface area contributed by atoms with Crippen LogP contribution in [0.3, 0.4) is 0 Å². The Morgan fingerprint density at radius 2 is 1.62 bits per heavy atom. The molecule has 3 aromatic carbocycles. The maximum absolute atomic E-state index is 6.39. The van der Waals surface area contributed by atoms with Gasteiger partial charge in [0, 0.05) is 23.7 Å². The molecule has 0 radical (unpaired) electrons. The van der Waals surface area contributed by atoms with Gasteiger partial charge in [-0.15, -0.1) is 0 Å². The zero-order valence-corrected chi connectivity index (χ0v) is 22.3. The Kier molecular flexibility index (Phi) is 7.75. The highest BCUT2D eigenvalue weighted by atomic mass is 16.6. The van der Waals surface area contributed by atoms with Gasteiger partial charge in [-0.1, -0.05) is 60.7 Å². The third-order valence-corrected chi connectivity index (χ3v) is 7.30. The van der Waals surface area contributed by atoms with Gasteiger partial charge in [-0.3, -0.25) is 4.99 Å². The maximum atomic E-state index is 6.39. The molecular formula is C33H34N2O4. The molecule has 2 aliphatic rings. The Bertz CT molecular complexity index is 1480. The zero-order valence-electron chi connectivity index (χ0n) is 22.3. The molecule has 200 valence electrons. The predicted octanol–water partition coefficient (Wildman–Crippen LogP) is 5.49. The monoisotopic (exact) mass is 522 g/mol. The van der Waals surface area contributed by atoms with Gasteiger partial charge in [-0.2, -0.15) is 0 Å². The minimum atomic E-state index is -0.0230. The second kappa shape index (κ2) is 11.9. The molecule has 0 unspecified atom stereocenters. The number of ether oxygens (including phenoxy) is 4. The first-order valence-corrected chi connectivity index (χ1v) is 13.7. The lowest BCUT2D eigenvalue weighted by molar-refractivity contribution is -0.0835. The number of rotatable bonds is 8. The van der Waals surface area contributed by atoms with Crippen molar-refractivity contribution in [2.75, 3.05) is 26.4 Å². The van der Waals surface area contributed by atoms with E-state index in [2.05, 4.69) is 60.0 Å². The third kappa shape index (κ3) is 5.92. The van der Waals surface area contributed by atoms with Crippen LogP contribution in [0.5, 0.6) is 11.5 Å². The summed E-state index contributed by atoms with van der Waals surface area (Å²) in [6.07, 6.45) is 0.885. The number of fused-ring (bicyclic) bond motifs is 3. The fourth-order valence-electron chi connectivity index (χ4n) is 5.24. The van der Waals surface area contributed by atoms with E-state index in [4.69, 9.17) is 23.9 Å². The number of aryl methyl sites for hydroxylation is 1. The van der Waals surface area contributed by atoms with Crippen molar-refractivity contribution < 1.29 is 18.9 Å². The molecule has 6 heteroatoms. The normalized spacial score (nSPS) is 16.8. The first-order valence-electron chi connectivity index (χ1n) is 13.7. The molecule has 6 rings (SSSR count). The van der Waals surface area contributed by atoms with Crippen LogP contribution in [0.2, 0.25) is 0 Å². The van der Waals surface area contributed by atoms with Gasteiger partial charge in [0.1, 0.15) is 36.3 Å². The van der Waals surface area contributed by atoms with Crippen LogP contribution in [0.25, 0.3) is 11.3 Å². The summed E-state index contributed by atoms with van der Waals surface area (Å²) < 4.78 is 26.3. The second-order valence-electron chi connectivity index (χ2n) is 10.0. The molecule has 4 aromatic rings. The van der Waals surface area contributed by atoms with Gasteiger partial charge >= 0.3 is 0 Å². The van der Waals surface area contributed by atoms with Crippen LogP contribution in [0.1, 0.15) is 22.3 Å². The van der Waals surface area contributed by atoms with Crippen molar-refractivity contribution in [1.82, 2.24) is 4.57 Å². The van der Waals surface area contributed by atoms with Crippen molar-refractivity contribution >= 4 is 0 Å². The maximum Gasteiger partial charge on any atom is 0.131 e. The van der Waals surface area contributed by atoms with Crippen molar-refractivity contribution in [3.05, 3.63) is 113 Å². The van der Waals surface area contributed by atoms with Crippen LogP contribution in [0, 0.1) is 6.92 Å². The van der Waals surface area contributed by atoms with E-state index in [1.165, 1.54) is 11.1 Å². The molecule has 1 fully saturated rings. The van der Waals surface area contributed by atoms with Crippen LogP contribution in [-0.4, -0.2) is 37.0 Å². The molecule has 0 bridgehead atoms. The Hall–Kier alpha value is -3.87. The quantitative estimate of drug-likeness (QED) is 0.307. The van der Waals surface area contributed by atoms with Gasteiger partial charge in [0.25, 0.3) is 0 Å². The number of pyridine rings is 1. The molecule has 0 N–H and O–H groups in total. The van der Waals surface area contributed by atoms with Crippen LogP contribution in [0.4, 0.5) is 0 Å². The van der Waals surface area contributed by atoms with Crippen molar-refractivity contribution in [3.63, 3.8) is 0 Å². The summed E-state index contributed by atoms with van der Waals surface area (Å²) in [6, 6.07) is 29.0. The molecule has 1 aromatic heterocycles. The summed E-state index contributed by atoms with van der Waals surface area (Å²) in [7, 11) is 0. The summed E-state index contributed by atoms with van der Waals surface area (Å²) in [5.74, 6) is 1.74. The minimum Gasteiger partial charge on any atom is -0.489 e. The molecule has 1 saturated heterocycles. The molecule has 6 nitrogen and oxygen atoms in total. The lowest BCUT2D eigenvalue weighted by atomic mass is 9.94. The van der Waals surface area contributed by atoms with Gasteiger partial charge in [-0.25, -0.2) is 0 Å². The van der Waals surface area contributed by atoms with E-state index in [-0.39, 0.29) is 6.10 Å². The molecular weight excluding hydrogens is 488 g/mol. The van der Waals surface area contributed by atoms with Crippen LogP contribution in [-0.2, 0) is 35.7 Å². The van der Waals surface area contributed by atoms with Crippen LogP contribution in [0.15, 0.2) is 89.9 Å². The lowest BCUT2D eigenvalue weighted by Crippen LogP contribution is -2.33. The van der Waals surface area contributed by atoms with E-state index in [1.807, 2.05) is 36.4 Å². The highest BCUT2D eigenvalue weighted by Crippen LogP contribution is 2.36. The molecule has 0 saturated carbocycles. The van der Waals surface area contributed by atoms with E-state index < -0.39 is 0 Å². The highest BCUT2D eigenvalue weighted by Gasteiger charge is 2.22. The Balaban J connectivity index is 1.33. The zero-order chi connectivity index (χ0) is 26.4. The van der Waals surface area contributed by atoms with Gasteiger partial charge in [-0.05, 0) is 48.2 Å². The third-order valence-electron chi connectivity index (χ3n) is 7.30. The Labute approximate surface area is 229 Å². The Morgan fingerprint density at radius 1 is 0.872 bits per heavy atom. The molecule has 3 heterocycles. The van der Waals surface area contributed by atoms with Gasteiger partial charge in [0.05, 0.1) is 32.1 Å². The van der Waals surface area contributed by atoms with E-state index in [0.29, 0.717) is 39.6 Å². The summed E-state index contributed by atoms with van der Waals surface area (Å²) in [5.41, 5.74) is 7.93. The minimum absolute atomic E-state index is 0.0230. The SMILES string of the molecule is Cc1c(OCc2ccccc2)cc(=NC[C@@H]2COCCO2)n2c1-c1ccc(OCc3ccccc3)cc1CC2. The van der Waals surface area contributed by atoms with Crippen molar-refractivity contribution in [3.8, 4) is 22.8 Å². The summed E-state index contributed by atoms with van der Waals surface area (Å²) in [4.78, 5) is 5.01. The fourth-order valence-corrected chi connectivity index (χ4v) is 5.24. The highest BCUT2D eigenvalue weighted by molar-refractivity contribution is 5.71. The van der Waals surface area contributed by atoms with E-state index in [1.54, 1.807) is 0 Å². The fraction of sp³-hybridized carbons (Fsp3) is 0.303. The van der Waals surface area contributed by atoms with Gasteiger partial charge in [0.15, 0.2) is 0 Å². The van der Waals surface area contributed by atoms with Crippen molar-refractivity contribution in [2.45, 2.75) is 39.2 Å². The largest absolute Gasteiger partial charge is 0.489 e. The number of aromatic nitrogens is 1. The van der Waals surface area contributed by atoms with Crippen LogP contribution < -0.4 is 15.0 Å². The van der Waals surface area contributed by atoms with Gasteiger partial charge in [0.2, 0.25) is 0 Å². The topological polar surface area (TPSA) is 54.2 Å². The second-order valence-corrected chi connectivity index (χ2v) is 10.0. The first-order chi connectivity index (χ1) is 19.2. The Morgan fingerprint density at radius 3 is 2.33 bits per heavy atom. The first kappa shape index (κ1) is 25.4. The average molecular weight is 523 g/mol. The smallest absolute Gasteiger partial charge is 0.131 e. The molecule has 0 amide bonds. The number of hydrogen-bond acceptors (Lipinski definition) is 5. The van der Waals surface area contributed by atoms with Crippen molar-refractivity contribution in [1.29, 1.82) is 0 Å². The standard InChI is InChI=1S/C33H34N2O4/c1-24-31(39-22-26-10-6-3-7-11-26)19-32(34-20-29-23-36-16-17-37-29)35-15-14-27-18-28(12-13-30(27)33(24)35)38-21-25-8-4-2-5-9-25/h2-13,18-19,29H,14-17,20-23H2,1H3/t29-/m1/s1. The lowest BCUT2D eigenvalue weighted by Gasteiger charge is -2.27. The number of hydrogen-bond donors (Lipinski definition) is 0. The van der Waals surface area contributed by atoms with E-state index in [0.717, 1.165) is 52.3 Å². The average Bonchev–Trinajstić information content (AvgIpc) is 3.00. The summed E-state index contributed by atoms with van der Waals surface area (Å²) in [6.45, 7) is 6.44. The molecule has 2 aliphatic heterocycles. The summed E-state index contributed by atoms with van der Waals surface area (Å²) >= 11 is 0. The number of nitrogens with zero attached hydrogens (tertiary/aromatic N) is 2. The van der Waals surface area contributed by atoms with E-state index >= 15 is 0 Å². The molecule has 0 aliphatic carbocycles. The molecule has 0 spiro atoms.